The van der Waals surface area contributed by atoms with Gasteiger partial charge in [0.05, 0.1) is 17.8 Å². The topological polar surface area (TPSA) is 67.2 Å². The van der Waals surface area contributed by atoms with Gasteiger partial charge < -0.3 is 10.2 Å². The van der Waals surface area contributed by atoms with E-state index in [0.29, 0.717) is 12.4 Å². The Kier molecular flexibility index (Phi) is 7.13. The molecule has 0 saturated carbocycles. The van der Waals surface area contributed by atoms with Gasteiger partial charge in [0.2, 0.25) is 11.8 Å². The van der Waals surface area contributed by atoms with Crippen molar-refractivity contribution in [1.29, 1.82) is 0 Å². The highest BCUT2D eigenvalue weighted by molar-refractivity contribution is 5.94. The number of amides is 2. The fourth-order valence-corrected chi connectivity index (χ4v) is 2.84. The van der Waals surface area contributed by atoms with E-state index < -0.39 is 5.41 Å². The molecule has 0 aromatic carbocycles. The van der Waals surface area contributed by atoms with Gasteiger partial charge in [-0.2, -0.15) is 5.10 Å². The van der Waals surface area contributed by atoms with E-state index in [1.807, 2.05) is 45.4 Å². The Labute approximate surface area is 171 Å². The third kappa shape index (κ3) is 6.64. The van der Waals surface area contributed by atoms with Crippen molar-refractivity contribution in [2.24, 2.45) is 11.3 Å². The van der Waals surface area contributed by atoms with Crippen LogP contribution < -0.4 is 5.32 Å². The van der Waals surface area contributed by atoms with Crippen LogP contribution >= 0.6 is 0 Å². The lowest BCUT2D eigenvalue weighted by Gasteiger charge is -2.30. The van der Waals surface area contributed by atoms with Crippen molar-refractivity contribution in [1.82, 2.24) is 14.7 Å². The number of anilines is 1. The van der Waals surface area contributed by atoms with E-state index in [4.69, 9.17) is 5.10 Å². The van der Waals surface area contributed by atoms with Crippen LogP contribution in [0.4, 0.5) is 5.82 Å². The quantitative estimate of drug-likeness (QED) is 0.807. The first-order chi connectivity index (χ1) is 12.4. The molecule has 0 saturated heterocycles. The Morgan fingerprint density at radius 3 is 2.00 bits per heavy atom. The Morgan fingerprint density at radius 2 is 1.61 bits per heavy atom. The van der Waals surface area contributed by atoms with E-state index in [9.17, 15) is 9.59 Å². The number of carbonyl (C=O) groups is 2. The summed E-state index contributed by atoms with van der Waals surface area (Å²) in [6, 6.07) is 1.93. The summed E-state index contributed by atoms with van der Waals surface area (Å²) < 4.78 is 1.85. The number of rotatable bonds is 5. The molecule has 6 heteroatoms. The zero-order valence-electron chi connectivity index (χ0n) is 19.7. The summed E-state index contributed by atoms with van der Waals surface area (Å²) in [7, 11) is 0. The molecule has 0 fully saturated rings. The van der Waals surface area contributed by atoms with Gasteiger partial charge >= 0.3 is 0 Å². The molecule has 6 nitrogen and oxygen atoms in total. The maximum absolute atomic E-state index is 12.8. The predicted octanol–water partition coefficient (Wildman–Crippen LogP) is 4.40. The first-order valence-electron chi connectivity index (χ1n) is 10.1. The number of nitrogens with one attached hydrogen (secondary N) is 1. The van der Waals surface area contributed by atoms with Gasteiger partial charge in [-0.1, -0.05) is 55.4 Å². The predicted molar refractivity (Wildman–Crippen MR) is 115 cm³/mol. The van der Waals surface area contributed by atoms with Crippen LogP contribution in [-0.4, -0.2) is 39.6 Å². The summed E-state index contributed by atoms with van der Waals surface area (Å²) in [5.74, 6) is 0.724. The molecule has 1 rings (SSSR count). The van der Waals surface area contributed by atoms with Crippen LogP contribution in [-0.2, 0) is 20.5 Å². The molecular weight excluding hydrogens is 352 g/mol. The van der Waals surface area contributed by atoms with Crippen LogP contribution in [0, 0.1) is 11.3 Å². The average Bonchev–Trinajstić information content (AvgIpc) is 2.88. The lowest BCUT2D eigenvalue weighted by Crippen LogP contribution is -2.45. The molecule has 1 N–H and O–H groups in total. The van der Waals surface area contributed by atoms with Crippen molar-refractivity contribution in [3.63, 3.8) is 0 Å². The monoisotopic (exact) mass is 392 g/mol. The maximum atomic E-state index is 12.8. The normalized spacial score (nSPS) is 13.0. The van der Waals surface area contributed by atoms with Crippen molar-refractivity contribution in [3.8, 4) is 0 Å². The van der Waals surface area contributed by atoms with E-state index in [1.54, 1.807) is 4.90 Å². The van der Waals surface area contributed by atoms with Crippen LogP contribution in [0.25, 0.3) is 0 Å². The molecule has 0 aliphatic heterocycles. The van der Waals surface area contributed by atoms with Gasteiger partial charge in [0.1, 0.15) is 5.82 Å². The van der Waals surface area contributed by atoms with Crippen LogP contribution in [0.1, 0.15) is 81.9 Å². The second-order valence-corrected chi connectivity index (χ2v) is 11.1. The molecule has 0 aliphatic carbocycles. The Balaban J connectivity index is 3.11. The lowest BCUT2D eigenvalue weighted by atomic mass is 9.92. The van der Waals surface area contributed by atoms with Crippen molar-refractivity contribution in [2.75, 3.05) is 18.4 Å². The van der Waals surface area contributed by atoms with Gasteiger partial charge in [-0.3, -0.25) is 9.59 Å². The summed E-state index contributed by atoms with van der Waals surface area (Å²) in [6.07, 6.45) is 0. The summed E-state index contributed by atoms with van der Waals surface area (Å²) in [5, 5.41) is 7.72. The minimum Gasteiger partial charge on any atom is -0.333 e. The fourth-order valence-electron chi connectivity index (χ4n) is 2.84. The van der Waals surface area contributed by atoms with Crippen LogP contribution in [0.3, 0.4) is 0 Å². The van der Waals surface area contributed by atoms with Gasteiger partial charge in [0, 0.05) is 23.4 Å². The lowest BCUT2D eigenvalue weighted by molar-refractivity contribution is -0.142. The molecule has 1 aromatic heterocycles. The van der Waals surface area contributed by atoms with Gasteiger partial charge in [0.25, 0.3) is 0 Å². The molecule has 0 bridgehead atoms. The van der Waals surface area contributed by atoms with Gasteiger partial charge in [-0.15, -0.1) is 0 Å². The van der Waals surface area contributed by atoms with E-state index in [2.05, 4.69) is 46.9 Å². The molecule has 28 heavy (non-hydrogen) atoms. The van der Waals surface area contributed by atoms with E-state index in [0.717, 1.165) is 5.69 Å². The Bertz CT molecular complexity index is 698. The molecule has 0 radical (unpaired) electrons. The largest absolute Gasteiger partial charge is 0.333 e. The molecule has 0 aliphatic rings. The fraction of sp³-hybridized carbons (Fsp3) is 0.773. The molecule has 2 amide bonds. The van der Waals surface area contributed by atoms with Crippen molar-refractivity contribution < 1.29 is 9.59 Å². The van der Waals surface area contributed by atoms with Crippen LogP contribution in [0.15, 0.2) is 6.07 Å². The van der Waals surface area contributed by atoms with Gasteiger partial charge in [-0.25, -0.2) is 4.68 Å². The second-order valence-electron chi connectivity index (χ2n) is 11.1. The summed E-state index contributed by atoms with van der Waals surface area (Å²) in [5.41, 5.74) is -0.00304. The summed E-state index contributed by atoms with van der Waals surface area (Å²) >= 11 is 0. The van der Waals surface area contributed by atoms with Gasteiger partial charge in [-0.05, 0) is 26.7 Å². The highest BCUT2D eigenvalue weighted by Gasteiger charge is 2.30. The summed E-state index contributed by atoms with van der Waals surface area (Å²) in [6.45, 7) is 22.8. The SMILES string of the molecule is CC(C)CN(CC(=O)Nc1cc(C(C)(C)C)nn1C(C)(C)C)C(=O)C(C)(C)C. The zero-order valence-corrected chi connectivity index (χ0v) is 19.7. The maximum Gasteiger partial charge on any atom is 0.245 e. The van der Waals surface area contributed by atoms with Crippen molar-refractivity contribution in [3.05, 3.63) is 11.8 Å². The Hall–Kier alpha value is -1.85. The van der Waals surface area contributed by atoms with Crippen LogP contribution in [0.2, 0.25) is 0 Å². The molecule has 0 unspecified atom stereocenters. The van der Waals surface area contributed by atoms with E-state index in [1.165, 1.54) is 0 Å². The van der Waals surface area contributed by atoms with E-state index in [-0.39, 0.29) is 35.2 Å². The minimum absolute atomic E-state index is 0.0175. The third-order valence-corrected chi connectivity index (χ3v) is 4.23. The van der Waals surface area contributed by atoms with Gasteiger partial charge in [0.15, 0.2) is 0 Å². The molecule has 1 heterocycles. The third-order valence-electron chi connectivity index (χ3n) is 4.23. The summed E-state index contributed by atoms with van der Waals surface area (Å²) in [4.78, 5) is 27.3. The van der Waals surface area contributed by atoms with E-state index >= 15 is 0 Å². The smallest absolute Gasteiger partial charge is 0.245 e. The molecular formula is C22H40N4O2. The highest BCUT2D eigenvalue weighted by atomic mass is 16.2. The average molecular weight is 393 g/mol. The second kappa shape index (κ2) is 8.26. The number of hydrogen-bond acceptors (Lipinski definition) is 3. The standard InChI is InChI=1S/C22H40N4O2/c1-15(2)13-25(19(28)21(6,7)8)14-18(27)23-17-12-16(20(3,4)5)24-26(17)22(9,10)11/h12,15H,13-14H2,1-11H3,(H,23,27). The Morgan fingerprint density at radius 1 is 1.07 bits per heavy atom. The zero-order chi connectivity index (χ0) is 22.1. The van der Waals surface area contributed by atoms with Crippen molar-refractivity contribution in [2.45, 2.75) is 87.1 Å². The number of carbonyl (C=O) groups excluding carboxylic acids is 2. The minimum atomic E-state index is -0.526. The highest BCUT2D eigenvalue weighted by Crippen LogP contribution is 2.28. The molecule has 1 aromatic rings. The molecule has 0 spiro atoms. The first-order valence-corrected chi connectivity index (χ1v) is 10.1. The first kappa shape index (κ1) is 24.2. The number of aromatic nitrogens is 2. The molecule has 0 atom stereocenters. The van der Waals surface area contributed by atoms with Crippen LogP contribution in [0.5, 0.6) is 0 Å². The molecule has 160 valence electrons. The number of nitrogens with zero attached hydrogens (tertiary/aromatic N) is 3. The van der Waals surface area contributed by atoms with Crippen molar-refractivity contribution >= 4 is 17.6 Å². The number of hydrogen-bond donors (Lipinski definition) is 1.